The highest BCUT2D eigenvalue weighted by Gasteiger charge is 2.42. The first-order valence-electron chi connectivity index (χ1n) is 12.7. The normalized spacial score (nSPS) is 16.8. The van der Waals surface area contributed by atoms with Crippen molar-refractivity contribution in [3.8, 4) is 0 Å². The lowest BCUT2D eigenvalue weighted by atomic mass is 9.86. The molecule has 1 aromatic rings. The quantitative estimate of drug-likeness (QED) is 0.275. The molecule has 0 aliphatic heterocycles. The molecule has 0 spiro atoms. The molecule has 1 aliphatic carbocycles. The van der Waals surface area contributed by atoms with Crippen molar-refractivity contribution in [2.45, 2.75) is 90.5 Å². The molecule has 186 valence electrons. The number of likely N-dealkylation sites (N-methyl/N-ethyl adjacent to an activating group) is 1. The molecule has 2 nitrogen and oxygen atoms in total. The van der Waals surface area contributed by atoms with E-state index in [1.807, 2.05) is 19.9 Å². The van der Waals surface area contributed by atoms with Crippen LogP contribution in [0.25, 0.3) is 11.1 Å². The van der Waals surface area contributed by atoms with E-state index >= 15 is 0 Å². The van der Waals surface area contributed by atoms with E-state index in [0.29, 0.717) is 0 Å². The Bertz CT molecular complexity index is 929. The van der Waals surface area contributed by atoms with Gasteiger partial charge in [-0.1, -0.05) is 93.0 Å². The van der Waals surface area contributed by atoms with Crippen molar-refractivity contribution in [3.05, 3.63) is 53.4 Å². The van der Waals surface area contributed by atoms with Gasteiger partial charge in [0, 0.05) is 18.0 Å². The minimum atomic E-state index is -0.244. The van der Waals surface area contributed by atoms with Gasteiger partial charge in [0.2, 0.25) is 0 Å². The molecule has 1 unspecified atom stereocenters. The number of benzene rings is 1. The third-order valence-corrected chi connectivity index (χ3v) is 8.53. The standard InChI is InChI=1S/C28H44N2S.C2H6/c1-10-14-24(6)28(17-12-13-18-28)30(20-19-29(7)8)31(9)25-15-16-26(23(5)11-2)27(21-25)22(3)4;1-2/h11,15-16,21H,2,6,9-10,12-14,17-20H2,1,3-5,7-8H3;1-2H3/b26-23-;. The van der Waals surface area contributed by atoms with Gasteiger partial charge in [0.1, 0.15) is 0 Å². The zero-order valence-electron chi connectivity index (χ0n) is 22.9. The van der Waals surface area contributed by atoms with E-state index in [1.54, 1.807) is 0 Å². The summed E-state index contributed by atoms with van der Waals surface area (Å²) in [5.74, 6) is 4.77. The maximum Gasteiger partial charge on any atom is 0.0518 e. The second-order valence-electron chi connectivity index (χ2n) is 9.46. The summed E-state index contributed by atoms with van der Waals surface area (Å²) in [6, 6.07) is 6.94. The highest BCUT2D eigenvalue weighted by atomic mass is 32.2. The van der Waals surface area contributed by atoms with Crippen molar-refractivity contribution >= 4 is 27.7 Å². The average Bonchev–Trinajstić information content (AvgIpc) is 3.30. The van der Waals surface area contributed by atoms with Crippen LogP contribution in [0.1, 0.15) is 80.1 Å². The van der Waals surface area contributed by atoms with Crippen LogP contribution < -0.4 is 10.4 Å². The van der Waals surface area contributed by atoms with Gasteiger partial charge in [-0.2, -0.15) is 0 Å². The zero-order chi connectivity index (χ0) is 25.2. The first-order chi connectivity index (χ1) is 15.7. The molecule has 0 aromatic heterocycles. The van der Waals surface area contributed by atoms with Crippen LogP contribution in [0.4, 0.5) is 0 Å². The SMILES string of the molecule is C=C/C(C)=c1/ccc(S(=C)N(CCN(C)C)C2(C(=C)CCC)CCCC2)cc1=C(C)C.CC. The van der Waals surface area contributed by atoms with Crippen LogP contribution in [0, 0.1) is 0 Å². The number of hydrogen-bond donors (Lipinski definition) is 0. The largest absolute Gasteiger partial charge is 0.308 e. The smallest absolute Gasteiger partial charge is 0.0518 e. The number of allylic oxidation sites excluding steroid dienone is 1. The molecule has 0 N–H and O–H groups in total. The van der Waals surface area contributed by atoms with Gasteiger partial charge in [-0.25, -0.2) is 4.31 Å². The van der Waals surface area contributed by atoms with E-state index in [2.05, 4.69) is 82.4 Å². The van der Waals surface area contributed by atoms with Gasteiger partial charge in [0.25, 0.3) is 0 Å². The van der Waals surface area contributed by atoms with Crippen LogP contribution in [0.3, 0.4) is 0 Å². The summed E-state index contributed by atoms with van der Waals surface area (Å²) in [6.45, 7) is 23.5. The van der Waals surface area contributed by atoms with Gasteiger partial charge in [-0.15, -0.1) is 0 Å². The number of hydrogen-bond acceptors (Lipinski definition) is 2. The Kier molecular flexibility index (Phi) is 12.6. The fourth-order valence-electron chi connectivity index (χ4n) is 4.76. The molecule has 0 radical (unpaired) electrons. The average molecular weight is 471 g/mol. The van der Waals surface area contributed by atoms with E-state index in [4.69, 9.17) is 5.87 Å². The summed E-state index contributed by atoms with van der Waals surface area (Å²) >= 11 is 0. The molecule has 1 aliphatic rings. The minimum absolute atomic E-state index is 0.0872. The first-order valence-corrected chi connectivity index (χ1v) is 14.1. The molecule has 1 fully saturated rings. The van der Waals surface area contributed by atoms with Crippen molar-refractivity contribution in [1.82, 2.24) is 9.21 Å². The molecule has 3 heteroatoms. The second kappa shape index (κ2) is 14.1. The van der Waals surface area contributed by atoms with E-state index in [1.165, 1.54) is 57.7 Å². The Labute approximate surface area is 207 Å². The van der Waals surface area contributed by atoms with E-state index in [0.717, 1.165) is 25.9 Å². The fourth-order valence-corrected chi connectivity index (χ4v) is 6.53. The second-order valence-corrected chi connectivity index (χ2v) is 11.1. The van der Waals surface area contributed by atoms with Crippen molar-refractivity contribution < 1.29 is 0 Å². The van der Waals surface area contributed by atoms with Gasteiger partial charge in [-0.3, -0.25) is 0 Å². The zero-order valence-corrected chi connectivity index (χ0v) is 23.7. The lowest BCUT2D eigenvalue weighted by Gasteiger charge is -2.45. The maximum atomic E-state index is 4.77. The molecule has 2 rings (SSSR count). The van der Waals surface area contributed by atoms with Gasteiger partial charge in [-0.05, 0) is 82.3 Å². The van der Waals surface area contributed by atoms with Crippen molar-refractivity contribution in [3.63, 3.8) is 0 Å². The molecule has 1 atom stereocenters. The van der Waals surface area contributed by atoms with Crippen LogP contribution in [-0.2, 0) is 0 Å². The molecule has 33 heavy (non-hydrogen) atoms. The molecule has 0 amide bonds. The Hall–Kier alpha value is -1.42. The Morgan fingerprint density at radius 1 is 1.06 bits per heavy atom. The maximum absolute atomic E-state index is 4.77. The van der Waals surface area contributed by atoms with Crippen molar-refractivity contribution in [2.75, 3.05) is 27.2 Å². The molecular weight excluding hydrogens is 420 g/mol. The highest BCUT2D eigenvalue weighted by molar-refractivity contribution is 8.12. The van der Waals surface area contributed by atoms with Crippen LogP contribution in [0.15, 0.2) is 47.9 Å². The van der Waals surface area contributed by atoms with Gasteiger partial charge in [0.05, 0.1) is 5.54 Å². The van der Waals surface area contributed by atoms with E-state index < -0.39 is 0 Å². The lowest BCUT2D eigenvalue weighted by Crippen LogP contribution is -2.47. The van der Waals surface area contributed by atoms with Crippen molar-refractivity contribution in [2.24, 2.45) is 0 Å². The van der Waals surface area contributed by atoms with Gasteiger partial charge in [0.15, 0.2) is 0 Å². The summed E-state index contributed by atoms with van der Waals surface area (Å²) in [7, 11) is 4.09. The first kappa shape index (κ1) is 29.6. The van der Waals surface area contributed by atoms with Gasteiger partial charge < -0.3 is 4.90 Å². The molecule has 0 bridgehead atoms. The van der Waals surface area contributed by atoms with Crippen LogP contribution >= 0.6 is 10.7 Å². The number of nitrogens with zero attached hydrogens (tertiary/aromatic N) is 2. The van der Waals surface area contributed by atoms with Crippen LogP contribution in [0.5, 0.6) is 0 Å². The Balaban J connectivity index is 0.00000265. The fraction of sp³-hybridized carbons (Fsp3) is 0.567. The van der Waals surface area contributed by atoms with Crippen LogP contribution in [0.2, 0.25) is 0 Å². The Morgan fingerprint density at radius 3 is 2.15 bits per heavy atom. The summed E-state index contributed by atoms with van der Waals surface area (Å²) in [5.41, 5.74) is 4.06. The highest BCUT2D eigenvalue weighted by Crippen LogP contribution is 2.48. The van der Waals surface area contributed by atoms with E-state index in [-0.39, 0.29) is 16.2 Å². The number of rotatable bonds is 10. The molecule has 1 saturated carbocycles. The molecule has 0 heterocycles. The van der Waals surface area contributed by atoms with Crippen LogP contribution in [-0.4, -0.2) is 47.8 Å². The summed E-state index contributed by atoms with van der Waals surface area (Å²) < 4.78 is 2.71. The molecule has 0 saturated heterocycles. The Morgan fingerprint density at radius 2 is 1.67 bits per heavy atom. The summed E-state index contributed by atoms with van der Waals surface area (Å²) in [5, 5.41) is 2.60. The summed E-state index contributed by atoms with van der Waals surface area (Å²) in [6.07, 6.45) is 9.23. The minimum Gasteiger partial charge on any atom is -0.308 e. The summed E-state index contributed by atoms with van der Waals surface area (Å²) in [4.78, 5) is 3.61. The molecule has 1 aromatic carbocycles. The van der Waals surface area contributed by atoms with Gasteiger partial charge >= 0.3 is 0 Å². The van der Waals surface area contributed by atoms with E-state index in [9.17, 15) is 0 Å². The lowest BCUT2D eigenvalue weighted by molar-refractivity contribution is 0.224. The third-order valence-electron chi connectivity index (χ3n) is 6.67. The third kappa shape index (κ3) is 7.28. The predicted molar refractivity (Wildman–Crippen MR) is 155 cm³/mol. The molecular formula is C30H50N2S. The van der Waals surface area contributed by atoms with Crippen molar-refractivity contribution in [1.29, 1.82) is 0 Å². The monoisotopic (exact) mass is 470 g/mol. The topological polar surface area (TPSA) is 6.48 Å². The predicted octanol–water partition coefficient (Wildman–Crippen LogP) is 6.77.